The maximum Gasteiger partial charge on any atom is 0.339 e. The minimum Gasteiger partial charge on any atom is -0.465 e. The summed E-state index contributed by atoms with van der Waals surface area (Å²) in [7, 11) is -2.24. The molecule has 2 aromatic rings. The van der Waals surface area contributed by atoms with E-state index in [1.807, 2.05) is 13.0 Å². The van der Waals surface area contributed by atoms with Gasteiger partial charge in [-0.15, -0.1) is 0 Å². The molecule has 0 radical (unpaired) electrons. The maximum absolute atomic E-state index is 12.2. The van der Waals surface area contributed by atoms with Crippen LogP contribution < -0.4 is 9.62 Å². The highest BCUT2D eigenvalue weighted by Gasteiger charge is 2.18. The van der Waals surface area contributed by atoms with Crippen LogP contribution >= 0.6 is 11.6 Å². The highest BCUT2D eigenvalue weighted by atomic mass is 35.5. The lowest BCUT2D eigenvalue weighted by molar-refractivity contribution is -0.116. The molecule has 1 amide bonds. The molecule has 0 heterocycles. The van der Waals surface area contributed by atoms with E-state index in [9.17, 15) is 18.0 Å². The number of hydrogen-bond acceptors (Lipinski definition) is 5. The fourth-order valence-electron chi connectivity index (χ4n) is 2.75. The van der Waals surface area contributed by atoms with Crippen molar-refractivity contribution in [3.05, 3.63) is 58.6 Å². The van der Waals surface area contributed by atoms with Crippen molar-refractivity contribution in [2.45, 2.75) is 19.8 Å². The lowest BCUT2D eigenvalue weighted by Crippen LogP contribution is -2.31. The number of amides is 1. The van der Waals surface area contributed by atoms with Crippen LogP contribution in [0.2, 0.25) is 5.02 Å². The lowest BCUT2D eigenvalue weighted by atomic mass is 10.2. The van der Waals surface area contributed by atoms with Gasteiger partial charge in [-0.1, -0.05) is 23.7 Å². The van der Waals surface area contributed by atoms with Crippen LogP contribution in [0.25, 0.3) is 0 Å². The molecule has 0 aliphatic heterocycles. The summed E-state index contributed by atoms with van der Waals surface area (Å²) in [5, 5.41) is 2.90. The highest BCUT2D eigenvalue weighted by Crippen LogP contribution is 2.22. The summed E-state index contributed by atoms with van der Waals surface area (Å²) in [5.41, 5.74) is 2.06. The van der Waals surface area contributed by atoms with Gasteiger partial charge in [0.2, 0.25) is 15.9 Å². The van der Waals surface area contributed by atoms with Gasteiger partial charge in [-0.05, 0) is 49.2 Å². The maximum atomic E-state index is 12.2. The topological polar surface area (TPSA) is 92.8 Å². The molecule has 9 heteroatoms. The molecule has 0 aliphatic rings. The van der Waals surface area contributed by atoms with Crippen LogP contribution in [-0.2, 0) is 19.6 Å². The third-order valence-corrected chi connectivity index (χ3v) is 5.63. The Balaban J connectivity index is 2.00. The lowest BCUT2D eigenvalue weighted by Gasteiger charge is -2.22. The first-order chi connectivity index (χ1) is 13.6. The number of nitrogens with zero attached hydrogens (tertiary/aromatic N) is 1. The van der Waals surface area contributed by atoms with Crippen LogP contribution in [0.5, 0.6) is 0 Å². The molecule has 0 atom stereocenters. The van der Waals surface area contributed by atoms with Crippen LogP contribution in [-0.4, -0.2) is 40.2 Å². The second-order valence-electron chi connectivity index (χ2n) is 6.51. The highest BCUT2D eigenvalue weighted by molar-refractivity contribution is 7.92. The van der Waals surface area contributed by atoms with Gasteiger partial charge in [-0.2, -0.15) is 0 Å². The van der Waals surface area contributed by atoms with E-state index in [1.165, 1.54) is 23.5 Å². The number of benzene rings is 2. The summed E-state index contributed by atoms with van der Waals surface area (Å²) in [5.74, 6) is -0.908. The zero-order valence-electron chi connectivity index (χ0n) is 16.4. The molecule has 0 bridgehead atoms. The van der Waals surface area contributed by atoms with Crippen molar-refractivity contribution in [1.29, 1.82) is 0 Å². The summed E-state index contributed by atoms with van der Waals surface area (Å²) in [6.07, 6.45) is 1.57. The monoisotopic (exact) mass is 438 g/mol. The Morgan fingerprint density at radius 3 is 2.52 bits per heavy atom. The summed E-state index contributed by atoms with van der Waals surface area (Å²) in [4.78, 5) is 23.9. The number of carbonyl (C=O) groups excluding carboxylic acids is 2. The summed E-state index contributed by atoms with van der Waals surface area (Å²) in [6, 6.07) is 11.7. The zero-order chi connectivity index (χ0) is 21.6. The smallest absolute Gasteiger partial charge is 0.339 e. The minimum atomic E-state index is -3.48. The van der Waals surface area contributed by atoms with Crippen LogP contribution in [0.1, 0.15) is 28.8 Å². The molecule has 0 spiro atoms. The second-order valence-corrected chi connectivity index (χ2v) is 8.83. The van der Waals surface area contributed by atoms with E-state index >= 15 is 0 Å². The molecule has 0 unspecified atom stereocenters. The van der Waals surface area contributed by atoms with Crippen molar-refractivity contribution in [2.75, 3.05) is 29.5 Å². The Morgan fingerprint density at radius 2 is 1.90 bits per heavy atom. The van der Waals surface area contributed by atoms with Gasteiger partial charge in [0.15, 0.2) is 0 Å². The Morgan fingerprint density at radius 1 is 1.17 bits per heavy atom. The van der Waals surface area contributed by atoms with Crippen LogP contribution in [0, 0.1) is 6.92 Å². The predicted octanol–water partition coefficient (Wildman–Crippen LogP) is 3.62. The van der Waals surface area contributed by atoms with E-state index in [0.717, 1.165) is 11.8 Å². The molecule has 0 aromatic heterocycles. The van der Waals surface area contributed by atoms with E-state index in [1.54, 1.807) is 24.3 Å². The normalized spacial score (nSPS) is 11.0. The number of aryl methyl sites for hydroxylation is 1. The van der Waals surface area contributed by atoms with Crippen molar-refractivity contribution >= 4 is 44.9 Å². The standard InChI is InChI=1S/C20H23ClN2O5S/c1-14-6-4-7-16(12-14)23(29(3,26)27)11-5-8-19(24)22-15-9-10-18(21)17(13-15)20(25)28-2/h4,6-7,9-10,12-13H,5,8,11H2,1-3H3,(H,22,24). The number of halogens is 1. The predicted molar refractivity (Wildman–Crippen MR) is 114 cm³/mol. The third-order valence-electron chi connectivity index (χ3n) is 4.11. The third kappa shape index (κ3) is 6.47. The van der Waals surface area contributed by atoms with Gasteiger partial charge in [0.25, 0.3) is 0 Å². The molecule has 0 fully saturated rings. The summed E-state index contributed by atoms with van der Waals surface area (Å²) < 4.78 is 30.2. The molecule has 0 aliphatic carbocycles. The van der Waals surface area contributed by atoms with Crippen LogP contribution in [0.4, 0.5) is 11.4 Å². The molecule has 0 saturated carbocycles. The van der Waals surface area contributed by atoms with Gasteiger partial charge in [-0.3, -0.25) is 9.10 Å². The minimum absolute atomic E-state index is 0.105. The SMILES string of the molecule is COC(=O)c1cc(NC(=O)CCCN(c2cccc(C)c2)S(C)(=O)=O)ccc1Cl. The molecule has 7 nitrogen and oxygen atoms in total. The van der Waals surface area contributed by atoms with Crippen molar-refractivity contribution in [1.82, 2.24) is 0 Å². The fraction of sp³-hybridized carbons (Fsp3) is 0.300. The quantitative estimate of drug-likeness (QED) is 0.635. The molecule has 156 valence electrons. The average molecular weight is 439 g/mol. The van der Waals surface area contributed by atoms with Gasteiger partial charge in [0.1, 0.15) is 0 Å². The number of methoxy groups -OCH3 is 1. The number of rotatable bonds is 8. The first kappa shape index (κ1) is 22.7. The van der Waals surface area contributed by atoms with Gasteiger partial charge >= 0.3 is 5.97 Å². The van der Waals surface area contributed by atoms with Crippen molar-refractivity contribution in [2.24, 2.45) is 0 Å². The molecule has 2 rings (SSSR count). The fourth-order valence-corrected chi connectivity index (χ4v) is 3.90. The van der Waals surface area contributed by atoms with Crippen LogP contribution in [0.3, 0.4) is 0 Å². The molecule has 2 aromatic carbocycles. The van der Waals surface area contributed by atoms with Crippen LogP contribution in [0.15, 0.2) is 42.5 Å². The number of esters is 1. The largest absolute Gasteiger partial charge is 0.465 e. The zero-order valence-corrected chi connectivity index (χ0v) is 18.0. The molecule has 29 heavy (non-hydrogen) atoms. The summed E-state index contributed by atoms with van der Waals surface area (Å²) >= 11 is 5.96. The van der Waals surface area contributed by atoms with Gasteiger partial charge < -0.3 is 10.1 Å². The number of hydrogen-bond donors (Lipinski definition) is 1. The van der Waals surface area contributed by atoms with Gasteiger partial charge in [0, 0.05) is 18.7 Å². The van der Waals surface area contributed by atoms with Gasteiger partial charge in [0.05, 0.1) is 29.6 Å². The van der Waals surface area contributed by atoms with E-state index in [-0.39, 0.29) is 29.5 Å². The first-order valence-electron chi connectivity index (χ1n) is 8.84. The Kier molecular flexibility index (Phi) is 7.64. The van der Waals surface area contributed by atoms with E-state index in [2.05, 4.69) is 10.1 Å². The van der Waals surface area contributed by atoms with Gasteiger partial charge in [-0.25, -0.2) is 13.2 Å². The first-order valence-corrected chi connectivity index (χ1v) is 11.1. The number of sulfonamides is 1. The van der Waals surface area contributed by atoms with E-state index in [4.69, 9.17) is 11.6 Å². The van der Waals surface area contributed by atoms with Crippen molar-refractivity contribution in [3.63, 3.8) is 0 Å². The van der Waals surface area contributed by atoms with Crippen molar-refractivity contribution in [3.8, 4) is 0 Å². The Labute approximate surface area is 175 Å². The summed E-state index contributed by atoms with van der Waals surface area (Å²) in [6.45, 7) is 2.05. The number of carbonyl (C=O) groups is 2. The van der Waals surface area contributed by atoms with E-state index < -0.39 is 16.0 Å². The number of anilines is 2. The Hall–Kier alpha value is -2.58. The molecule has 1 N–H and O–H groups in total. The molecular formula is C20H23ClN2O5S. The number of nitrogens with one attached hydrogen (secondary N) is 1. The van der Waals surface area contributed by atoms with E-state index in [0.29, 0.717) is 17.8 Å². The molecular weight excluding hydrogens is 416 g/mol. The average Bonchev–Trinajstić information content (AvgIpc) is 2.65. The molecule has 0 saturated heterocycles. The number of ether oxygens (including phenoxy) is 1. The van der Waals surface area contributed by atoms with Crippen molar-refractivity contribution < 1.29 is 22.7 Å². The second kappa shape index (κ2) is 9.76. The Bertz CT molecular complexity index is 1010.